The molecule has 0 spiro atoms. The van der Waals surface area contributed by atoms with E-state index >= 15 is 0 Å². The molecular formula is C36H78N4O12Si3. The average molecular weight is 843 g/mol. The number of hydrogen-bond donors (Lipinski definition) is 0. The molecule has 0 aromatic carbocycles. The number of carbonyl (C=O) groups excluding carboxylic acids is 3. The molecule has 19 heteroatoms. The van der Waals surface area contributed by atoms with Gasteiger partial charge in [0.15, 0.2) is 0 Å². The molecule has 0 aliphatic rings. The lowest BCUT2D eigenvalue weighted by Gasteiger charge is -2.29. The zero-order valence-electron chi connectivity index (χ0n) is 36.5. The molecule has 0 rings (SSSR count). The highest BCUT2D eigenvalue weighted by Crippen LogP contribution is 2.15. The van der Waals surface area contributed by atoms with Gasteiger partial charge in [0.2, 0.25) is 0 Å². The zero-order chi connectivity index (χ0) is 41.8. The van der Waals surface area contributed by atoms with Crippen LogP contribution in [0.15, 0.2) is 0 Å². The number of hydrogen-bond acceptors (Lipinski definition) is 16. The molecule has 0 aliphatic heterocycles. The third-order valence-electron chi connectivity index (χ3n) is 10.2. The lowest BCUT2D eigenvalue weighted by molar-refractivity contribution is -0.144. The van der Waals surface area contributed by atoms with Gasteiger partial charge in [-0.3, -0.25) is 19.3 Å². The van der Waals surface area contributed by atoms with E-state index in [1.165, 1.54) is 0 Å². The SMILES string of the molecule is CO[Si](C)(CCCOC(=O)CCN(C)CCN(CCN(C)CCC(=O)OCCC[Si](C)(OC)OC)CCN(C)CCC(=O)OCCC[Si](C)(OC)OC)OC. The molecule has 326 valence electrons. The van der Waals surface area contributed by atoms with E-state index in [0.717, 1.165) is 57.4 Å². The Bertz CT molecular complexity index is 903. The van der Waals surface area contributed by atoms with Crippen molar-refractivity contribution in [1.82, 2.24) is 19.6 Å². The second-order valence-corrected chi connectivity index (χ2v) is 25.4. The van der Waals surface area contributed by atoms with Crippen LogP contribution in [-0.2, 0) is 55.2 Å². The van der Waals surface area contributed by atoms with Gasteiger partial charge in [0.1, 0.15) is 0 Å². The van der Waals surface area contributed by atoms with Gasteiger partial charge in [0, 0.05) is 102 Å². The molecule has 0 bridgehead atoms. The fourth-order valence-electron chi connectivity index (χ4n) is 5.27. The summed E-state index contributed by atoms with van der Waals surface area (Å²) in [6.45, 7) is 13.5. The van der Waals surface area contributed by atoms with Gasteiger partial charge >= 0.3 is 43.6 Å². The zero-order valence-corrected chi connectivity index (χ0v) is 39.5. The summed E-state index contributed by atoms with van der Waals surface area (Å²) in [5.41, 5.74) is 0. The van der Waals surface area contributed by atoms with Crippen molar-refractivity contribution in [2.75, 3.05) is 143 Å². The van der Waals surface area contributed by atoms with Crippen molar-refractivity contribution in [3.05, 3.63) is 0 Å². The molecule has 16 nitrogen and oxygen atoms in total. The quantitative estimate of drug-likeness (QED) is 0.0394. The Labute approximate surface area is 336 Å². The van der Waals surface area contributed by atoms with Crippen LogP contribution >= 0.6 is 0 Å². The Morgan fingerprint density at radius 3 is 0.855 bits per heavy atom. The highest BCUT2D eigenvalue weighted by atomic mass is 28.4. The summed E-state index contributed by atoms with van der Waals surface area (Å²) in [5, 5.41) is 0. The fourth-order valence-corrected chi connectivity index (χ4v) is 9.35. The number of rotatable bonds is 36. The van der Waals surface area contributed by atoms with E-state index in [4.69, 9.17) is 40.8 Å². The van der Waals surface area contributed by atoms with E-state index in [9.17, 15) is 14.4 Å². The molecule has 0 aromatic rings. The number of nitrogens with zero attached hydrogens (tertiary/aromatic N) is 4. The molecule has 0 atom stereocenters. The van der Waals surface area contributed by atoms with Crippen molar-refractivity contribution in [2.45, 2.75) is 76.3 Å². The minimum atomic E-state index is -2.17. The number of esters is 3. The van der Waals surface area contributed by atoms with Crippen LogP contribution in [0.2, 0.25) is 37.8 Å². The minimum Gasteiger partial charge on any atom is -0.466 e. The summed E-state index contributed by atoms with van der Waals surface area (Å²) in [4.78, 5) is 46.0. The molecule has 0 unspecified atom stereocenters. The molecule has 0 saturated carbocycles. The summed E-state index contributed by atoms with van der Waals surface area (Å²) in [5.74, 6) is -0.631. The lowest BCUT2D eigenvalue weighted by Crippen LogP contribution is -2.42. The van der Waals surface area contributed by atoms with Crippen LogP contribution in [0.25, 0.3) is 0 Å². The second kappa shape index (κ2) is 30.7. The molecule has 0 saturated heterocycles. The largest absolute Gasteiger partial charge is 0.466 e. The molecule has 0 aromatic heterocycles. The van der Waals surface area contributed by atoms with Crippen LogP contribution in [0.5, 0.6) is 0 Å². The monoisotopic (exact) mass is 842 g/mol. The topological polar surface area (TPSA) is 147 Å². The molecule has 0 heterocycles. The van der Waals surface area contributed by atoms with Gasteiger partial charge in [-0.15, -0.1) is 0 Å². The molecule has 0 radical (unpaired) electrons. The molecule has 55 heavy (non-hydrogen) atoms. The first-order chi connectivity index (χ1) is 26.0. The number of carbonyl (C=O) groups is 3. The summed E-state index contributed by atoms with van der Waals surface area (Å²) in [6.07, 6.45) is 3.08. The highest BCUT2D eigenvalue weighted by molar-refractivity contribution is 6.66. The molecule has 0 amide bonds. The van der Waals surface area contributed by atoms with E-state index in [-0.39, 0.29) is 17.9 Å². The van der Waals surface area contributed by atoms with Crippen molar-refractivity contribution in [2.24, 2.45) is 0 Å². The van der Waals surface area contributed by atoms with Crippen LogP contribution in [0, 0.1) is 0 Å². The Kier molecular flexibility index (Phi) is 30.0. The van der Waals surface area contributed by atoms with Crippen LogP contribution in [0.3, 0.4) is 0 Å². The Hall–Kier alpha value is -1.34. The van der Waals surface area contributed by atoms with Crippen molar-refractivity contribution in [3.63, 3.8) is 0 Å². The molecule has 0 aliphatic carbocycles. The molecular weight excluding hydrogens is 765 g/mol. The smallest absolute Gasteiger partial charge is 0.334 e. The van der Waals surface area contributed by atoms with Crippen LogP contribution < -0.4 is 0 Å². The van der Waals surface area contributed by atoms with Gasteiger partial charge in [-0.05, 0) is 78.2 Å². The highest BCUT2D eigenvalue weighted by Gasteiger charge is 2.29. The average Bonchev–Trinajstić information content (AvgIpc) is 3.19. The van der Waals surface area contributed by atoms with Gasteiger partial charge in [0.25, 0.3) is 0 Å². The Morgan fingerprint density at radius 1 is 0.400 bits per heavy atom. The molecule has 0 N–H and O–H groups in total. The lowest BCUT2D eigenvalue weighted by atomic mass is 10.3. The predicted octanol–water partition coefficient (Wildman–Crippen LogP) is 3.15. The summed E-state index contributed by atoms with van der Waals surface area (Å²) in [6, 6.07) is 2.29. The van der Waals surface area contributed by atoms with Gasteiger partial charge in [-0.25, -0.2) is 0 Å². The first-order valence-electron chi connectivity index (χ1n) is 19.6. The summed E-state index contributed by atoms with van der Waals surface area (Å²) >= 11 is 0. The first kappa shape index (κ1) is 53.7. The van der Waals surface area contributed by atoms with Crippen molar-refractivity contribution >= 4 is 43.6 Å². The Morgan fingerprint density at radius 2 is 0.636 bits per heavy atom. The third-order valence-corrected chi connectivity index (χ3v) is 19.2. The van der Waals surface area contributed by atoms with Crippen molar-refractivity contribution in [3.8, 4) is 0 Å². The standard InChI is InChI=1S/C36H78N4O12Si3/c1-37(19-16-34(41)50-28-13-31-53(10,44-4)45-5)22-25-40(26-23-38(2)20-17-35(42)51-29-14-32-54(11,46-6)47-7)27-24-39(3)21-18-36(43)52-30-15-33-55(12,48-8)49-9/h13-33H2,1-12H3. The normalized spacial score (nSPS) is 12.7. The number of ether oxygens (including phenoxy) is 3. The van der Waals surface area contributed by atoms with E-state index < -0.39 is 25.7 Å². The van der Waals surface area contributed by atoms with Crippen LogP contribution in [0.1, 0.15) is 38.5 Å². The predicted molar refractivity (Wildman–Crippen MR) is 221 cm³/mol. The van der Waals surface area contributed by atoms with Gasteiger partial charge in [0.05, 0.1) is 39.1 Å². The van der Waals surface area contributed by atoms with E-state index in [1.807, 2.05) is 40.8 Å². The maximum atomic E-state index is 12.4. The van der Waals surface area contributed by atoms with Gasteiger partial charge in [-0.2, -0.15) is 0 Å². The van der Waals surface area contributed by atoms with E-state index in [0.29, 0.717) is 78.0 Å². The van der Waals surface area contributed by atoms with Crippen LogP contribution in [-0.4, -0.2) is 206 Å². The van der Waals surface area contributed by atoms with E-state index in [1.54, 1.807) is 42.7 Å². The minimum absolute atomic E-state index is 0.210. The van der Waals surface area contributed by atoms with Gasteiger partial charge < -0.3 is 55.5 Å². The number of likely N-dealkylation sites (N-methyl/N-ethyl adjacent to an activating group) is 3. The second-order valence-electron chi connectivity index (χ2n) is 14.6. The maximum Gasteiger partial charge on any atom is 0.334 e. The third kappa shape index (κ3) is 27.1. The van der Waals surface area contributed by atoms with E-state index in [2.05, 4.69) is 19.6 Å². The first-order valence-corrected chi connectivity index (χ1v) is 27.1. The summed E-state index contributed by atoms with van der Waals surface area (Å²) < 4.78 is 49.3. The van der Waals surface area contributed by atoms with Crippen molar-refractivity contribution < 1.29 is 55.2 Å². The summed E-state index contributed by atoms with van der Waals surface area (Å²) in [7, 11) is 9.48. The van der Waals surface area contributed by atoms with Gasteiger partial charge in [-0.1, -0.05) is 0 Å². The molecule has 0 fully saturated rings. The van der Waals surface area contributed by atoms with Crippen molar-refractivity contribution in [1.29, 1.82) is 0 Å². The van der Waals surface area contributed by atoms with Crippen LogP contribution in [0.4, 0.5) is 0 Å². The maximum absolute atomic E-state index is 12.4. The fraction of sp³-hybridized carbons (Fsp3) is 0.917. The Balaban J connectivity index is 4.87.